The number of rotatable bonds is 14. The fourth-order valence-corrected chi connectivity index (χ4v) is 4.43. The van der Waals surface area contributed by atoms with Gasteiger partial charge in [0.15, 0.2) is 0 Å². The number of unbranched alkanes of at least 4 members (excludes halogenated alkanes) is 5. The fourth-order valence-electron chi connectivity index (χ4n) is 4.43. The number of ether oxygens (including phenoxy) is 2. The number of aliphatic imine (C=N–C) groups is 1. The number of amides is 2. The first-order valence-electron chi connectivity index (χ1n) is 14.6. The van der Waals surface area contributed by atoms with E-state index < -0.39 is 28.7 Å². The molecule has 0 saturated heterocycles. The van der Waals surface area contributed by atoms with Gasteiger partial charge in [0.2, 0.25) is 5.91 Å². The molecule has 0 radical (unpaired) electrons. The van der Waals surface area contributed by atoms with Gasteiger partial charge in [-0.15, -0.1) is 0 Å². The van der Waals surface area contributed by atoms with Crippen LogP contribution in [0.4, 0.5) is 4.79 Å². The highest BCUT2D eigenvalue weighted by atomic mass is 16.6. The summed E-state index contributed by atoms with van der Waals surface area (Å²) >= 11 is 0. The summed E-state index contributed by atoms with van der Waals surface area (Å²) in [5.74, 6) is -0.568. The zero-order chi connectivity index (χ0) is 29.1. The van der Waals surface area contributed by atoms with Crippen molar-refractivity contribution in [1.29, 1.82) is 0 Å². The van der Waals surface area contributed by atoms with E-state index in [9.17, 15) is 14.4 Å². The van der Waals surface area contributed by atoms with Gasteiger partial charge >= 0.3 is 12.1 Å². The number of carbonyl (C=O) groups is 3. The molecule has 7 nitrogen and oxygen atoms in total. The SMILES string of the molecule is CCCCCCCCc1ccc(CNC(=O)C2(CC(CC(=O)OC(C)(C)C)=NC(=O)OC(C)(C)C)CC2)cc1. The van der Waals surface area contributed by atoms with Crippen molar-refractivity contribution in [3.05, 3.63) is 35.4 Å². The predicted octanol–water partition coefficient (Wildman–Crippen LogP) is 7.48. The lowest BCUT2D eigenvalue weighted by molar-refractivity contribution is -0.153. The van der Waals surface area contributed by atoms with Gasteiger partial charge in [-0.25, -0.2) is 4.79 Å². The Morgan fingerprint density at radius 2 is 1.41 bits per heavy atom. The van der Waals surface area contributed by atoms with Crippen molar-refractivity contribution in [2.24, 2.45) is 10.4 Å². The van der Waals surface area contributed by atoms with Crippen molar-refractivity contribution in [1.82, 2.24) is 5.32 Å². The van der Waals surface area contributed by atoms with Gasteiger partial charge in [0.25, 0.3) is 0 Å². The van der Waals surface area contributed by atoms with E-state index in [4.69, 9.17) is 9.47 Å². The molecule has 1 saturated carbocycles. The van der Waals surface area contributed by atoms with E-state index in [2.05, 4.69) is 41.5 Å². The third kappa shape index (κ3) is 13.3. The average molecular weight is 543 g/mol. The predicted molar refractivity (Wildman–Crippen MR) is 156 cm³/mol. The molecule has 0 spiro atoms. The minimum atomic E-state index is -0.765. The van der Waals surface area contributed by atoms with Gasteiger partial charge in [0, 0.05) is 18.7 Å². The topological polar surface area (TPSA) is 94.1 Å². The molecule has 7 heteroatoms. The molecule has 0 atom stereocenters. The van der Waals surface area contributed by atoms with E-state index in [1.807, 2.05) is 0 Å². The van der Waals surface area contributed by atoms with Crippen molar-refractivity contribution in [3.8, 4) is 0 Å². The zero-order valence-corrected chi connectivity index (χ0v) is 25.3. The minimum Gasteiger partial charge on any atom is -0.460 e. The number of hydrogen-bond donors (Lipinski definition) is 1. The van der Waals surface area contributed by atoms with Gasteiger partial charge in [0.1, 0.15) is 11.2 Å². The van der Waals surface area contributed by atoms with Crippen LogP contribution in [-0.2, 0) is 32.0 Å². The summed E-state index contributed by atoms with van der Waals surface area (Å²) in [5, 5.41) is 3.06. The monoisotopic (exact) mass is 542 g/mol. The Bertz CT molecular complexity index is 979. The second kappa shape index (κ2) is 14.6. The Hall–Kier alpha value is -2.70. The number of nitrogens with zero attached hydrogens (tertiary/aromatic N) is 1. The third-order valence-corrected chi connectivity index (χ3v) is 6.58. The largest absolute Gasteiger partial charge is 0.460 e. The average Bonchev–Trinajstić information content (AvgIpc) is 3.58. The number of hydrogen-bond acceptors (Lipinski definition) is 5. The van der Waals surface area contributed by atoms with Crippen molar-refractivity contribution < 1.29 is 23.9 Å². The molecule has 0 aromatic heterocycles. The smallest absolute Gasteiger partial charge is 0.434 e. The molecule has 39 heavy (non-hydrogen) atoms. The van der Waals surface area contributed by atoms with E-state index in [0.29, 0.717) is 25.1 Å². The van der Waals surface area contributed by atoms with Crippen LogP contribution in [0, 0.1) is 5.41 Å². The number of esters is 1. The summed E-state index contributed by atoms with van der Waals surface area (Å²) in [5.41, 5.74) is 0.640. The normalized spacial score (nSPS) is 15.0. The minimum absolute atomic E-state index is 0.0836. The van der Waals surface area contributed by atoms with Crippen molar-refractivity contribution in [2.75, 3.05) is 0 Å². The molecule has 1 aromatic rings. The lowest BCUT2D eigenvalue weighted by atomic mass is 9.96. The van der Waals surface area contributed by atoms with Crippen molar-refractivity contribution in [3.63, 3.8) is 0 Å². The van der Waals surface area contributed by atoms with E-state index in [0.717, 1.165) is 12.0 Å². The fraction of sp³-hybridized carbons (Fsp3) is 0.688. The van der Waals surface area contributed by atoms with Gasteiger partial charge in [-0.05, 0) is 78.4 Å². The molecule has 1 aliphatic carbocycles. The third-order valence-electron chi connectivity index (χ3n) is 6.58. The van der Waals surface area contributed by atoms with E-state index in [-0.39, 0.29) is 18.7 Å². The molecule has 1 aromatic carbocycles. The molecule has 1 aliphatic rings. The van der Waals surface area contributed by atoms with Gasteiger partial charge in [-0.1, -0.05) is 63.3 Å². The molecule has 1 N–H and O–H groups in total. The number of aryl methyl sites for hydroxylation is 1. The van der Waals surface area contributed by atoms with E-state index in [1.165, 1.54) is 44.1 Å². The van der Waals surface area contributed by atoms with Gasteiger partial charge in [0.05, 0.1) is 11.8 Å². The van der Waals surface area contributed by atoms with Crippen LogP contribution in [0.25, 0.3) is 0 Å². The Kier molecular flexibility index (Phi) is 12.2. The lowest BCUT2D eigenvalue weighted by Gasteiger charge is -2.21. The molecular formula is C32H50N2O5. The molecule has 2 amide bonds. The molecule has 218 valence electrons. The first-order valence-corrected chi connectivity index (χ1v) is 14.6. The van der Waals surface area contributed by atoms with Crippen LogP contribution < -0.4 is 5.32 Å². The lowest BCUT2D eigenvalue weighted by Crippen LogP contribution is -2.34. The van der Waals surface area contributed by atoms with Crippen LogP contribution in [0.5, 0.6) is 0 Å². The molecule has 0 heterocycles. The quantitative estimate of drug-likeness (QED) is 0.149. The van der Waals surface area contributed by atoms with Crippen LogP contribution in [0.15, 0.2) is 29.3 Å². The van der Waals surface area contributed by atoms with Crippen molar-refractivity contribution in [2.45, 2.75) is 137 Å². The maximum Gasteiger partial charge on any atom is 0.434 e. The molecular weight excluding hydrogens is 492 g/mol. The Morgan fingerprint density at radius 1 is 0.846 bits per heavy atom. The summed E-state index contributed by atoms with van der Waals surface area (Å²) in [6.45, 7) is 13.3. The summed E-state index contributed by atoms with van der Waals surface area (Å²) in [7, 11) is 0. The maximum atomic E-state index is 13.2. The summed E-state index contributed by atoms with van der Waals surface area (Å²) in [6.07, 6.45) is 9.43. The summed E-state index contributed by atoms with van der Waals surface area (Å²) < 4.78 is 10.8. The molecule has 0 aliphatic heterocycles. The zero-order valence-electron chi connectivity index (χ0n) is 25.3. The van der Waals surface area contributed by atoms with Gasteiger partial charge in [-0.3, -0.25) is 9.59 Å². The highest BCUT2D eigenvalue weighted by molar-refractivity contribution is 6.05. The van der Waals surface area contributed by atoms with E-state index in [1.54, 1.807) is 41.5 Å². The van der Waals surface area contributed by atoms with Crippen LogP contribution >= 0.6 is 0 Å². The van der Waals surface area contributed by atoms with E-state index >= 15 is 0 Å². The molecule has 0 bridgehead atoms. The van der Waals surface area contributed by atoms with Gasteiger partial charge in [-0.2, -0.15) is 4.99 Å². The molecule has 1 fully saturated rings. The summed E-state index contributed by atoms with van der Waals surface area (Å²) in [6, 6.07) is 8.44. The highest BCUT2D eigenvalue weighted by Crippen LogP contribution is 2.49. The highest BCUT2D eigenvalue weighted by Gasteiger charge is 2.50. The molecule has 0 unspecified atom stereocenters. The first kappa shape index (κ1) is 32.5. The van der Waals surface area contributed by atoms with Crippen LogP contribution in [0.1, 0.15) is 124 Å². The van der Waals surface area contributed by atoms with Gasteiger partial charge < -0.3 is 14.8 Å². The first-order chi connectivity index (χ1) is 18.2. The Balaban J connectivity index is 1.95. The number of benzene rings is 1. The Morgan fingerprint density at radius 3 is 1.97 bits per heavy atom. The number of carbonyl (C=O) groups excluding carboxylic acids is 3. The van der Waals surface area contributed by atoms with Crippen LogP contribution in [-0.4, -0.2) is 34.9 Å². The number of nitrogens with one attached hydrogen (secondary N) is 1. The Labute approximate surface area is 235 Å². The standard InChI is InChI=1S/C32H50N2O5/c1-8-9-10-11-12-13-14-24-15-17-25(18-16-24)23-33-28(36)32(19-20-32)22-26(21-27(35)38-30(2,3)4)34-29(37)39-31(5,6)7/h15-18H,8-14,19-23H2,1-7H3,(H,33,36). The molecule has 2 rings (SSSR count). The second-order valence-electron chi connectivity index (χ2n) is 12.9. The van der Waals surface area contributed by atoms with Crippen LogP contribution in [0.3, 0.4) is 0 Å². The van der Waals surface area contributed by atoms with Crippen LogP contribution in [0.2, 0.25) is 0 Å². The van der Waals surface area contributed by atoms with Crippen molar-refractivity contribution >= 4 is 23.7 Å². The summed E-state index contributed by atoms with van der Waals surface area (Å²) in [4.78, 5) is 42.2. The second-order valence-corrected chi connectivity index (χ2v) is 12.9. The maximum absolute atomic E-state index is 13.2.